The molecule has 1 fully saturated rings. The fourth-order valence-corrected chi connectivity index (χ4v) is 4.45. The van der Waals surface area contributed by atoms with Crippen molar-refractivity contribution in [2.75, 3.05) is 5.75 Å². The van der Waals surface area contributed by atoms with E-state index in [0.717, 1.165) is 22.5 Å². The van der Waals surface area contributed by atoms with E-state index in [-0.39, 0.29) is 5.56 Å². The van der Waals surface area contributed by atoms with Crippen LogP contribution in [0.25, 0.3) is 11.3 Å². The van der Waals surface area contributed by atoms with Crippen LogP contribution in [-0.2, 0) is 0 Å². The van der Waals surface area contributed by atoms with Gasteiger partial charge in [-0.25, -0.2) is 0 Å². The fourth-order valence-electron chi connectivity index (χ4n) is 3.16. The van der Waals surface area contributed by atoms with Gasteiger partial charge < -0.3 is 0 Å². The summed E-state index contributed by atoms with van der Waals surface area (Å²) < 4.78 is 3.32. The van der Waals surface area contributed by atoms with E-state index in [1.807, 2.05) is 18.3 Å². The molecule has 0 atom stereocenters. The van der Waals surface area contributed by atoms with Crippen molar-refractivity contribution >= 4 is 29.0 Å². The molecule has 0 aliphatic heterocycles. The second kappa shape index (κ2) is 6.61. The van der Waals surface area contributed by atoms with Crippen LogP contribution in [0.15, 0.2) is 46.6 Å². The zero-order valence-electron chi connectivity index (χ0n) is 13.1. The molecule has 0 spiro atoms. The molecule has 0 bridgehead atoms. The average molecular weight is 361 g/mol. The maximum absolute atomic E-state index is 12.7. The van der Waals surface area contributed by atoms with Crippen LogP contribution < -0.4 is 5.56 Å². The lowest BCUT2D eigenvalue weighted by Gasteiger charge is -2.08. The largest absolute Gasteiger partial charge is 0.300 e. The van der Waals surface area contributed by atoms with Crippen LogP contribution in [0.4, 0.5) is 0 Å². The minimum atomic E-state index is -0.194. The highest BCUT2D eigenvalue weighted by Gasteiger charge is 2.17. The van der Waals surface area contributed by atoms with Gasteiger partial charge in [0.2, 0.25) is 5.65 Å². The van der Waals surface area contributed by atoms with Gasteiger partial charge in [-0.3, -0.25) is 13.8 Å². The van der Waals surface area contributed by atoms with E-state index in [1.165, 1.54) is 25.7 Å². The molecule has 3 aromatic rings. The molecule has 2 aromatic heterocycles. The van der Waals surface area contributed by atoms with Gasteiger partial charge in [0, 0.05) is 23.2 Å². The van der Waals surface area contributed by atoms with Crippen LogP contribution in [0, 0.1) is 5.92 Å². The van der Waals surface area contributed by atoms with Gasteiger partial charge in [-0.1, -0.05) is 42.3 Å². The van der Waals surface area contributed by atoms with E-state index >= 15 is 0 Å². The number of hydrogen-bond acceptors (Lipinski definition) is 4. The number of halogens is 1. The summed E-state index contributed by atoms with van der Waals surface area (Å²) in [4.78, 5) is 12.7. The number of benzene rings is 1. The average Bonchev–Trinajstić information content (AvgIpc) is 3.23. The Morgan fingerprint density at radius 3 is 2.83 bits per heavy atom. The minimum absolute atomic E-state index is 0.194. The van der Waals surface area contributed by atoms with Gasteiger partial charge in [-0.05, 0) is 37.0 Å². The van der Waals surface area contributed by atoms with Crippen molar-refractivity contribution in [2.45, 2.75) is 30.8 Å². The predicted molar refractivity (Wildman–Crippen MR) is 96.3 cm³/mol. The molecule has 1 aliphatic rings. The van der Waals surface area contributed by atoms with Gasteiger partial charge in [-0.15, -0.1) is 10.2 Å². The van der Waals surface area contributed by atoms with Gasteiger partial charge in [0.05, 0.1) is 5.69 Å². The Morgan fingerprint density at radius 2 is 2.04 bits per heavy atom. The molecule has 4 rings (SSSR count). The third-order valence-electron chi connectivity index (χ3n) is 4.45. The molecular formula is C17H17ClN4OS. The second-order valence-electron chi connectivity index (χ2n) is 6.09. The monoisotopic (exact) mass is 360 g/mol. The molecule has 1 aliphatic carbocycles. The number of nitrogens with zero attached hydrogens (tertiary/aromatic N) is 4. The van der Waals surface area contributed by atoms with Crippen molar-refractivity contribution in [3.63, 3.8) is 0 Å². The van der Waals surface area contributed by atoms with Crippen LogP contribution in [0.3, 0.4) is 0 Å². The normalized spacial score (nSPS) is 15.4. The van der Waals surface area contributed by atoms with Crippen LogP contribution in [-0.4, -0.2) is 24.9 Å². The molecule has 2 heterocycles. The fraction of sp³-hybridized carbons (Fsp3) is 0.353. The number of thioether (sulfide) groups is 1. The molecular weight excluding hydrogens is 344 g/mol. The Kier molecular flexibility index (Phi) is 4.33. The summed E-state index contributed by atoms with van der Waals surface area (Å²) in [5.74, 6) is 1.80. The zero-order valence-corrected chi connectivity index (χ0v) is 14.6. The van der Waals surface area contributed by atoms with E-state index in [9.17, 15) is 4.79 Å². The number of aromatic nitrogens is 4. The first-order valence-corrected chi connectivity index (χ1v) is 9.44. The summed E-state index contributed by atoms with van der Waals surface area (Å²) in [6, 6.07) is 7.20. The third kappa shape index (κ3) is 2.96. The van der Waals surface area contributed by atoms with Crippen LogP contribution >= 0.6 is 23.4 Å². The SMILES string of the molecule is O=c1c2nnc(SCC3CCCC3)n2ccn1-c1cccc(Cl)c1. The molecule has 0 N–H and O–H groups in total. The van der Waals surface area contributed by atoms with E-state index < -0.39 is 0 Å². The first-order chi connectivity index (χ1) is 11.7. The van der Waals surface area contributed by atoms with Crippen molar-refractivity contribution in [3.05, 3.63) is 52.0 Å². The highest BCUT2D eigenvalue weighted by molar-refractivity contribution is 7.99. The van der Waals surface area contributed by atoms with Gasteiger partial charge in [0.1, 0.15) is 0 Å². The maximum Gasteiger partial charge on any atom is 0.300 e. The summed E-state index contributed by atoms with van der Waals surface area (Å²) in [7, 11) is 0. The summed E-state index contributed by atoms with van der Waals surface area (Å²) in [6.07, 6.45) is 8.83. The highest BCUT2D eigenvalue weighted by atomic mass is 35.5. The molecule has 7 heteroatoms. The lowest BCUT2D eigenvalue weighted by Crippen LogP contribution is -2.20. The first kappa shape index (κ1) is 15.7. The first-order valence-electron chi connectivity index (χ1n) is 8.07. The Bertz CT molecular complexity index is 930. The van der Waals surface area contributed by atoms with Crippen molar-refractivity contribution in [1.29, 1.82) is 0 Å². The van der Waals surface area contributed by atoms with Crippen molar-refractivity contribution < 1.29 is 0 Å². The Balaban J connectivity index is 1.66. The maximum atomic E-state index is 12.7. The van der Waals surface area contributed by atoms with E-state index in [1.54, 1.807) is 39.1 Å². The van der Waals surface area contributed by atoms with Crippen LogP contribution in [0.1, 0.15) is 25.7 Å². The predicted octanol–water partition coefficient (Wildman–Crippen LogP) is 3.82. The summed E-state index contributed by atoms with van der Waals surface area (Å²) in [5.41, 5.74) is 0.865. The van der Waals surface area contributed by atoms with Crippen molar-refractivity contribution in [3.8, 4) is 5.69 Å². The van der Waals surface area contributed by atoms with E-state index in [2.05, 4.69) is 10.2 Å². The molecule has 0 radical (unpaired) electrons. The highest BCUT2D eigenvalue weighted by Crippen LogP contribution is 2.30. The second-order valence-corrected chi connectivity index (χ2v) is 7.51. The molecule has 0 saturated heterocycles. The molecule has 0 amide bonds. The van der Waals surface area contributed by atoms with Crippen LogP contribution in [0.5, 0.6) is 0 Å². The van der Waals surface area contributed by atoms with Gasteiger partial charge in [0.15, 0.2) is 5.16 Å². The minimum Gasteiger partial charge on any atom is -0.280 e. The number of fused-ring (bicyclic) bond motifs is 1. The van der Waals surface area contributed by atoms with E-state index in [0.29, 0.717) is 10.7 Å². The molecule has 24 heavy (non-hydrogen) atoms. The van der Waals surface area contributed by atoms with Gasteiger partial charge >= 0.3 is 5.56 Å². The molecule has 124 valence electrons. The van der Waals surface area contributed by atoms with Crippen molar-refractivity contribution in [1.82, 2.24) is 19.2 Å². The quantitative estimate of drug-likeness (QED) is 0.664. The summed E-state index contributed by atoms with van der Waals surface area (Å²) >= 11 is 7.71. The van der Waals surface area contributed by atoms with Crippen molar-refractivity contribution in [2.24, 2.45) is 5.92 Å². The zero-order chi connectivity index (χ0) is 16.5. The van der Waals surface area contributed by atoms with Gasteiger partial charge in [0.25, 0.3) is 0 Å². The van der Waals surface area contributed by atoms with Gasteiger partial charge in [-0.2, -0.15) is 0 Å². The van der Waals surface area contributed by atoms with Crippen LogP contribution in [0.2, 0.25) is 5.02 Å². The Hall–Kier alpha value is -1.79. The topological polar surface area (TPSA) is 52.2 Å². The lowest BCUT2D eigenvalue weighted by molar-refractivity contribution is 0.622. The molecule has 0 unspecified atom stereocenters. The molecule has 1 aromatic carbocycles. The lowest BCUT2D eigenvalue weighted by atomic mass is 10.1. The number of rotatable bonds is 4. The number of hydrogen-bond donors (Lipinski definition) is 0. The third-order valence-corrected chi connectivity index (χ3v) is 5.86. The molecule has 1 saturated carbocycles. The standard InChI is InChI=1S/C17H17ClN4OS/c18-13-6-3-7-14(10-13)21-8-9-22-15(16(21)23)19-20-17(22)24-11-12-4-1-2-5-12/h3,6-10,12H,1-2,4-5,11H2. The van der Waals surface area contributed by atoms with E-state index in [4.69, 9.17) is 11.6 Å². The Morgan fingerprint density at radius 1 is 1.21 bits per heavy atom. The molecule has 5 nitrogen and oxygen atoms in total. The summed E-state index contributed by atoms with van der Waals surface area (Å²) in [6.45, 7) is 0. The Labute approximate surface area is 148 Å². The smallest absolute Gasteiger partial charge is 0.280 e. The summed E-state index contributed by atoms with van der Waals surface area (Å²) in [5, 5.41) is 9.68.